The van der Waals surface area contributed by atoms with Gasteiger partial charge in [0.2, 0.25) is 0 Å². The molecule has 1 aromatic rings. The molecule has 0 aromatic heterocycles. The molecule has 1 aliphatic rings. The summed E-state index contributed by atoms with van der Waals surface area (Å²) in [6.07, 6.45) is 2.21. The summed E-state index contributed by atoms with van der Waals surface area (Å²) in [7, 11) is 0. The quantitative estimate of drug-likeness (QED) is 0.875. The van der Waals surface area contributed by atoms with Crippen LogP contribution in [0, 0.1) is 6.92 Å². The van der Waals surface area contributed by atoms with E-state index in [0.29, 0.717) is 12.5 Å². The summed E-state index contributed by atoms with van der Waals surface area (Å²) in [6.45, 7) is 7.09. The van der Waals surface area contributed by atoms with E-state index in [9.17, 15) is 4.79 Å². The number of carbonyl (C=O) groups is 1. The Bertz CT molecular complexity index is 476. The fraction of sp³-hybridized carbons (Fsp3) is 0.588. The molecule has 1 heterocycles. The topological polar surface area (TPSA) is 50.4 Å². The van der Waals surface area contributed by atoms with Gasteiger partial charge in [-0.15, -0.1) is 0 Å². The molecule has 1 aromatic carbocycles. The molecule has 0 spiro atoms. The number of hydrogen-bond acceptors (Lipinski definition) is 3. The van der Waals surface area contributed by atoms with Gasteiger partial charge >= 0.3 is 0 Å². The Morgan fingerprint density at radius 1 is 1.48 bits per heavy atom. The second-order valence-corrected chi connectivity index (χ2v) is 5.87. The molecule has 1 aliphatic heterocycles. The Morgan fingerprint density at radius 2 is 2.24 bits per heavy atom. The van der Waals surface area contributed by atoms with Crippen molar-refractivity contribution < 1.29 is 9.53 Å². The maximum absolute atomic E-state index is 12.4. The number of para-hydroxylation sites is 1. The summed E-state index contributed by atoms with van der Waals surface area (Å²) >= 11 is 0. The van der Waals surface area contributed by atoms with Gasteiger partial charge in [-0.05, 0) is 51.3 Å². The highest BCUT2D eigenvalue weighted by molar-refractivity contribution is 5.81. The highest BCUT2D eigenvalue weighted by Gasteiger charge is 2.25. The van der Waals surface area contributed by atoms with Crippen LogP contribution in [0.1, 0.15) is 38.7 Å². The number of hydrogen-bond donors (Lipinski definition) is 2. The number of rotatable bonds is 5. The van der Waals surface area contributed by atoms with Crippen molar-refractivity contribution in [1.82, 2.24) is 10.6 Å². The highest BCUT2D eigenvalue weighted by Crippen LogP contribution is 2.19. The minimum atomic E-state index is -0.420. The lowest BCUT2D eigenvalue weighted by molar-refractivity contribution is -0.129. The molecule has 1 saturated heterocycles. The summed E-state index contributed by atoms with van der Waals surface area (Å²) < 4.78 is 5.90. The molecule has 21 heavy (non-hydrogen) atoms. The van der Waals surface area contributed by atoms with Gasteiger partial charge in [0.1, 0.15) is 5.75 Å². The lowest BCUT2D eigenvalue weighted by atomic mass is 10.0. The number of amides is 1. The third-order valence-electron chi connectivity index (χ3n) is 4.00. The van der Waals surface area contributed by atoms with Crippen molar-refractivity contribution in [2.24, 2.45) is 0 Å². The molecule has 2 rings (SSSR count). The molecule has 0 bridgehead atoms. The Morgan fingerprint density at radius 3 is 2.90 bits per heavy atom. The second kappa shape index (κ2) is 7.46. The maximum atomic E-state index is 12.4. The van der Waals surface area contributed by atoms with Crippen molar-refractivity contribution in [2.45, 2.75) is 58.2 Å². The van der Waals surface area contributed by atoms with Gasteiger partial charge < -0.3 is 15.4 Å². The predicted molar refractivity (Wildman–Crippen MR) is 84.5 cm³/mol. The van der Waals surface area contributed by atoms with E-state index in [2.05, 4.69) is 17.6 Å². The van der Waals surface area contributed by atoms with E-state index in [1.807, 2.05) is 38.1 Å². The number of piperidine rings is 1. The molecule has 3 unspecified atom stereocenters. The minimum Gasteiger partial charge on any atom is -0.480 e. The zero-order chi connectivity index (χ0) is 15.2. The van der Waals surface area contributed by atoms with Crippen molar-refractivity contribution >= 4 is 5.91 Å². The lowest BCUT2D eigenvalue weighted by Crippen LogP contribution is -2.50. The average Bonchev–Trinajstić information content (AvgIpc) is 2.46. The molecule has 116 valence electrons. The van der Waals surface area contributed by atoms with E-state index in [-0.39, 0.29) is 11.9 Å². The molecule has 4 nitrogen and oxygen atoms in total. The van der Waals surface area contributed by atoms with Gasteiger partial charge in [0.15, 0.2) is 6.10 Å². The van der Waals surface area contributed by atoms with Crippen molar-refractivity contribution in [3.8, 4) is 5.75 Å². The third kappa shape index (κ3) is 4.46. The van der Waals surface area contributed by atoms with Crippen LogP contribution in [-0.2, 0) is 4.79 Å². The Balaban J connectivity index is 1.94. The highest BCUT2D eigenvalue weighted by atomic mass is 16.5. The Labute approximate surface area is 127 Å². The Hall–Kier alpha value is -1.55. The van der Waals surface area contributed by atoms with Crippen LogP contribution < -0.4 is 15.4 Å². The molecular weight excluding hydrogens is 264 g/mol. The van der Waals surface area contributed by atoms with E-state index >= 15 is 0 Å². The first-order valence-electron chi connectivity index (χ1n) is 7.86. The number of ether oxygens (including phenoxy) is 1. The molecule has 3 atom stereocenters. The fourth-order valence-corrected chi connectivity index (χ4v) is 2.72. The van der Waals surface area contributed by atoms with Crippen LogP contribution in [0.15, 0.2) is 24.3 Å². The second-order valence-electron chi connectivity index (χ2n) is 5.87. The summed E-state index contributed by atoms with van der Waals surface area (Å²) in [5.41, 5.74) is 1.05. The Kier molecular flexibility index (Phi) is 5.62. The van der Waals surface area contributed by atoms with Gasteiger partial charge in [-0.1, -0.05) is 25.1 Å². The van der Waals surface area contributed by atoms with E-state index in [4.69, 9.17) is 4.74 Å². The summed E-state index contributed by atoms with van der Waals surface area (Å²) in [4.78, 5) is 12.4. The van der Waals surface area contributed by atoms with E-state index in [0.717, 1.165) is 30.7 Å². The first-order chi connectivity index (χ1) is 10.1. The van der Waals surface area contributed by atoms with Gasteiger partial charge in [0.05, 0.1) is 0 Å². The van der Waals surface area contributed by atoms with Gasteiger partial charge in [0.25, 0.3) is 5.91 Å². The van der Waals surface area contributed by atoms with Crippen molar-refractivity contribution in [3.05, 3.63) is 29.8 Å². The standard InChI is InChI=1S/C17H26N2O2/c1-4-15(21-16-8-6-5-7-12(16)2)17(20)19-14-9-10-18-13(3)11-14/h5-8,13-15,18H,4,9-11H2,1-3H3,(H,19,20). The van der Waals surface area contributed by atoms with Crippen molar-refractivity contribution in [1.29, 1.82) is 0 Å². The van der Waals surface area contributed by atoms with Gasteiger partial charge in [-0.2, -0.15) is 0 Å². The number of carbonyl (C=O) groups excluding carboxylic acids is 1. The van der Waals surface area contributed by atoms with E-state index in [1.54, 1.807) is 0 Å². The van der Waals surface area contributed by atoms with Crippen LogP contribution in [-0.4, -0.2) is 30.6 Å². The average molecular weight is 290 g/mol. The summed E-state index contributed by atoms with van der Waals surface area (Å²) in [6, 6.07) is 8.53. The van der Waals surface area contributed by atoms with E-state index < -0.39 is 6.10 Å². The summed E-state index contributed by atoms with van der Waals surface area (Å²) in [5, 5.41) is 6.53. The lowest BCUT2D eigenvalue weighted by Gasteiger charge is -2.30. The molecule has 4 heteroatoms. The summed E-state index contributed by atoms with van der Waals surface area (Å²) in [5.74, 6) is 0.790. The molecule has 1 amide bonds. The molecule has 0 saturated carbocycles. The van der Waals surface area contributed by atoms with Gasteiger partial charge in [-0.25, -0.2) is 0 Å². The molecule has 2 N–H and O–H groups in total. The SMILES string of the molecule is CCC(Oc1ccccc1C)C(=O)NC1CCNC(C)C1. The first kappa shape index (κ1) is 15.8. The third-order valence-corrected chi connectivity index (χ3v) is 4.00. The number of benzene rings is 1. The van der Waals surface area contributed by atoms with Crippen LogP contribution in [0.2, 0.25) is 0 Å². The zero-order valence-corrected chi connectivity index (χ0v) is 13.2. The molecule has 1 fully saturated rings. The predicted octanol–water partition coefficient (Wildman–Crippen LogP) is 2.41. The molecule has 0 aliphatic carbocycles. The van der Waals surface area contributed by atoms with Crippen LogP contribution in [0.3, 0.4) is 0 Å². The monoisotopic (exact) mass is 290 g/mol. The smallest absolute Gasteiger partial charge is 0.261 e. The zero-order valence-electron chi connectivity index (χ0n) is 13.2. The first-order valence-corrected chi connectivity index (χ1v) is 7.86. The van der Waals surface area contributed by atoms with Crippen LogP contribution >= 0.6 is 0 Å². The van der Waals surface area contributed by atoms with Crippen LogP contribution in [0.25, 0.3) is 0 Å². The van der Waals surface area contributed by atoms with Crippen LogP contribution in [0.4, 0.5) is 0 Å². The normalized spacial score (nSPS) is 23.4. The van der Waals surface area contributed by atoms with Crippen molar-refractivity contribution in [3.63, 3.8) is 0 Å². The number of aryl methyl sites for hydroxylation is 1. The maximum Gasteiger partial charge on any atom is 0.261 e. The molecule has 0 radical (unpaired) electrons. The molecular formula is C17H26N2O2. The fourth-order valence-electron chi connectivity index (χ4n) is 2.72. The van der Waals surface area contributed by atoms with Gasteiger partial charge in [0, 0.05) is 12.1 Å². The largest absolute Gasteiger partial charge is 0.480 e. The van der Waals surface area contributed by atoms with Crippen LogP contribution in [0.5, 0.6) is 5.75 Å². The van der Waals surface area contributed by atoms with Crippen molar-refractivity contribution in [2.75, 3.05) is 6.54 Å². The van der Waals surface area contributed by atoms with E-state index in [1.165, 1.54) is 0 Å². The number of nitrogens with one attached hydrogen (secondary N) is 2. The van der Waals surface area contributed by atoms with Gasteiger partial charge in [-0.3, -0.25) is 4.79 Å². The minimum absolute atomic E-state index is 0.000136.